The molecule has 0 aliphatic carbocycles. The van der Waals surface area contributed by atoms with E-state index in [1.807, 2.05) is 18.2 Å². The number of aliphatic hydroxyl groups is 1. The third kappa shape index (κ3) is 3.78. The summed E-state index contributed by atoms with van der Waals surface area (Å²) in [4.78, 5) is 14.0. The largest absolute Gasteiger partial charge is 0.396 e. The first-order valence-electron chi connectivity index (χ1n) is 6.87. The molecule has 1 fully saturated rings. The van der Waals surface area contributed by atoms with Gasteiger partial charge in [0.2, 0.25) is 0 Å². The molecule has 0 unspecified atom stereocenters. The molecule has 4 heteroatoms. The van der Waals surface area contributed by atoms with Gasteiger partial charge in [-0.1, -0.05) is 12.1 Å². The third-order valence-electron chi connectivity index (χ3n) is 3.79. The van der Waals surface area contributed by atoms with Gasteiger partial charge in [-0.05, 0) is 49.5 Å². The molecule has 0 atom stereocenters. The Bertz CT molecular complexity index is 426. The predicted molar refractivity (Wildman–Crippen MR) is 74.9 cm³/mol. The molecule has 104 valence electrons. The van der Waals surface area contributed by atoms with Gasteiger partial charge in [0.1, 0.15) is 0 Å². The maximum Gasteiger partial charge on any atom is 0.251 e. The molecule has 1 aliphatic heterocycles. The number of likely N-dealkylation sites (tertiary alicyclic amines) is 1. The molecule has 4 nitrogen and oxygen atoms in total. The first-order chi connectivity index (χ1) is 9.22. The number of piperidine rings is 1. The van der Waals surface area contributed by atoms with Crippen LogP contribution in [0, 0.1) is 5.92 Å². The summed E-state index contributed by atoms with van der Waals surface area (Å²) in [6.45, 7) is 3.23. The number of aliphatic hydroxyl groups excluding tert-OH is 1. The fourth-order valence-corrected chi connectivity index (χ4v) is 2.54. The summed E-state index contributed by atoms with van der Waals surface area (Å²) >= 11 is 0. The van der Waals surface area contributed by atoms with Crippen LogP contribution in [0.5, 0.6) is 0 Å². The molecule has 1 aromatic carbocycles. The van der Waals surface area contributed by atoms with E-state index in [9.17, 15) is 4.79 Å². The molecular weight excluding hydrogens is 240 g/mol. The zero-order valence-corrected chi connectivity index (χ0v) is 11.4. The molecule has 2 rings (SSSR count). The van der Waals surface area contributed by atoms with E-state index in [4.69, 9.17) is 5.11 Å². The lowest BCUT2D eigenvalue weighted by Crippen LogP contribution is -2.34. The second-order valence-electron chi connectivity index (χ2n) is 5.18. The summed E-state index contributed by atoms with van der Waals surface area (Å²) in [5.74, 6) is 0.425. The van der Waals surface area contributed by atoms with E-state index >= 15 is 0 Å². The van der Waals surface area contributed by atoms with Crippen molar-refractivity contribution >= 4 is 5.91 Å². The molecular formula is C15H22N2O2. The number of hydrogen-bond acceptors (Lipinski definition) is 3. The Balaban J connectivity index is 1.94. The molecule has 0 saturated carbocycles. The number of benzene rings is 1. The molecule has 0 radical (unpaired) electrons. The van der Waals surface area contributed by atoms with Gasteiger partial charge in [0.15, 0.2) is 0 Å². The SMILES string of the molecule is CNC(=O)c1cccc(CN2CCC(CO)CC2)c1. The van der Waals surface area contributed by atoms with Gasteiger partial charge in [0.25, 0.3) is 5.91 Å². The number of rotatable bonds is 4. The zero-order valence-electron chi connectivity index (χ0n) is 11.4. The Morgan fingerprint density at radius 2 is 2.16 bits per heavy atom. The van der Waals surface area contributed by atoms with Crippen molar-refractivity contribution in [3.05, 3.63) is 35.4 Å². The lowest BCUT2D eigenvalue weighted by atomic mass is 9.97. The Kier molecular flexibility index (Phi) is 4.93. The standard InChI is InChI=1S/C15H22N2O2/c1-16-15(19)14-4-2-3-13(9-14)10-17-7-5-12(11-18)6-8-17/h2-4,9,12,18H,5-8,10-11H2,1H3,(H,16,19). The van der Waals surface area contributed by atoms with Crippen LogP contribution < -0.4 is 5.32 Å². The van der Waals surface area contributed by atoms with Crippen molar-refractivity contribution in [1.29, 1.82) is 0 Å². The number of amides is 1. The normalized spacial score (nSPS) is 17.4. The molecule has 1 saturated heterocycles. The fourth-order valence-electron chi connectivity index (χ4n) is 2.54. The summed E-state index contributed by atoms with van der Waals surface area (Å²) in [5.41, 5.74) is 1.88. The van der Waals surface area contributed by atoms with Gasteiger partial charge >= 0.3 is 0 Å². The Morgan fingerprint density at radius 1 is 1.42 bits per heavy atom. The highest BCUT2D eigenvalue weighted by Gasteiger charge is 2.18. The van der Waals surface area contributed by atoms with Crippen LogP contribution in [-0.4, -0.2) is 42.7 Å². The summed E-state index contributed by atoms with van der Waals surface area (Å²) in [6.07, 6.45) is 2.12. The van der Waals surface area contributed by atoms with Gasteiger partial charge in [0.05, 0.1) is 0 Å². The summed E-state index contributed by atoms with van der Waals surface area (Å²) in [7, 11) is 1.65. The molecule has 0 bridgehead atoms. The summed E-state index contributed by atoms with van der Waals surface area (Å²) in [5, 5.41) is 11.8. The smallest absolute Gasteiger partial charge is 0.251 e. The molecule has 0 spiro atoms. The molecule has 1 amide bonds. The van der Waals surface area contributed by atoms with Gasteiger partial charge in [-0.2, -0.15) is 0 Å². The van der Waals surface area contributed by atoms with Crippen molar-refractivity contribution < 1.29 is 9.90 Å². The molecule has 19 heavy (non-hydrogen) atoms. The van der Waals surface area contributed by atoms with E-state index in [-0.39, 0.29) is 5.91 Å². The van der Waals surface area contributed by atoms with Crippen molar-refractivity contribution in [3.63, 3.8) is 0 Å². The highest BCUT2D eigenvalue weighted by Crippen LogP contribution is 2.18. The first-order valence-corrected chi connectivity index (χ1v) is 6.87. The summed E-state index contributed by atoms with van der Waals surface area (Å²) in [6, 6.07) is 7.78. The Morgan fingerprint density at radius 3 is 2.79 bits per heavy atom. The predicted octanol–water partition coefficient (Wildman–Crippen LogP) is 1.25. The van der Waals surface area contributed by atoms with E-state index < -0.39 is 0 Å². The van der Waals surface area contributed by atoms with Gasteiger partial charge in [-0.15, -0.1) is 0 Å². The van der Waals surface area contributed by atoms with Gasteiger partial charge in [0, 0.05) is 25.8 Å². The minimum absolute atomic E-state index is 0.0409. The van der Waals surface area contributed by atoms with Crippen LogP contribution in [0.3, 0.4) is 0 Å². The van der Waals surface area contributed by atoms with Crippen LogP contribution in [0.1, 0.15) is 28.8 Å². The van der Waals surface area contributed by atoms with Crippen LogP contribution >= 0.6 is 0 Å². The van der Waals surface area contributed by atoms with Crippen LogP contribution in [0.2, 0.25) is 0 Å². The molecule has 1 aromatic rings. The van der Waals surface area contributed by atoms with E-state index in [1.165, 1.54) is 5.56 Å². The summed E-state index contributed by atoms with van der Waals surface area (Å²) < 4.78 is 0. The van der Waals surface area contributed by atoms with Crippen LogP contribution in [-0.2, 0) is 6.54 Å². The zero-order chi connectivity index (χ0) is 13.7. The topological polar surface area (TPSA) is 52.6 Å². The van der Waals surface area contributed by atoms with Crippen LogP contribution in [0.15, 0.2) is 24.3 Å². The van der Waals surface area contributed by atoms with Gasteiger partial charge in [-0.25, -0.2) is 0 Å². The monoisotopic (exact) mass is 262 g/mol. The minimum atomic E-state index is -0.0409. The lowest BCUT2D eigenvalue weighted by Gasteiger charge is -2.31. The number of carbonyl (C=O) groups is 1. The molecule has 1 heterocycles. The van der Waals surface area contributed by atoms with E-state index in [2.05, 4.69) is 16.3 Å². The second-order valence-corrected chi connectivity index (χ2v) is 5.18. The Labute approximate surface area is 114 Å². The van der Waals surface area contributed by atoms with Crippen LogP contribution in [0.25, 0.3) is 0 Å². The van der Waals surface area contributed by atoms with Gasteiger partial charge < -0.3 is 10.4 Å². The number of hydrogen-bond donors (Lipinski definition) is 2. The average Bonchev–Trinajstić information content (AvgIpc) is 2.47. The average molecular weight is 262 g/mol. The van der Waals surface area contributed by atoms with Crippen LogP contribution in [0.4, 0.5) is 0 Å². The van der Waals surface area contributed by atoms with Crippen molar-refractivity contribution in [3.8, 4) is 0 Å². The molecule has 1 aliphatic rings. The number of nitrogens with zero attached hydrogens (tertiary/aromatic N) is 1. The maximum atomic E-state index is 11.6. The van der Waals surface area contributed by atoms with Crippen molar-refractivity contribution in [2.24, 2.45) is 5.92 Å². The fraction of sp³-hybridized carbons (Fsp3) is 0.533. The highest BCUT2D eigenvalue weighted by atomic mass is 16.3. The quantitative estimate of drug-likeness (QED) is 0.858. The van der Waals surface area contributed by atoms with E-state index in [1.54, 1.807) is 7.05 Å². The van der Waals surface area contributed by atoms with Crippen molar-refractivity contribution in [2.75, 3.05) is 26.7 Å². The van der Waals surface area contributed by atoms with E-state index in [0.29, 0.717) is 18.1 Å². The number of nitrogens with one attached hydrogen (secondary N) is 1. The highest BCUT2D eigenvalue weighted by molar-refractivity contribution is 5.94. The van der Waals surface area contributed by atoms with Crippen molar-refractivity contribution in [2.45, 2.75) is 19.4 Å². The number of carbonyl (C=O) groups excluding carboxylic acids is 1. The first kappa shape index (κ1) is 14.0. The van der Waals surface area contributed by atoms with Gasteiger partial charge in [-0.3, -0.25) is 9.69 Å². The Hall–Kier alpha value is -1.39. The minimum Gasteiger partial charge on any atom is -0.396 e. The molecule has 2 N–H and O–H groups in total. The maximum absolute atomic E-state index is 11.6. The lowest BCUT2D eigenvalue weighted by molar-refractivity contribution is 0.0962. The third-order valence-corrected chi connectivity index (χ3v) is 3.79. The van der Waals surface area contributed by atoms with Crippen molar-refractivity contribution in [1.82, 2.24) is 10.2 Å². The second kappa shape index (κ2) is 6.68. The molecule has 0 aromatic heterocycles. The van der Waals surface area contributed by atoms with E-state index in [0.717, 1.165) is 32.5 Å².